The molecule has 1 aliphatic carbocycles. The van der Waals surface area contributed by atoms with E-state index in [0.29, 0.717) is 24.2 Å². The summed E-state index contributed by atoms with van der Waals surface area (Å²) in [6, 6.07) is 7.85. The number of hydrogen-bond acceptors (Lipinski definition) is 7. The molecular weight excluding hydrogens is 434 g/mol. The van der Waals surface area contributed by atoms with Crippen LogP contribution in [0.4, 0.5) is 5.82 Å². The van der Waals surface area contributed by atoms with E-state index in [9.17, 15) is 10.1 Å². The third-order valence-electron chi connectivity index (χ3n) is 5.99. The number of hydrogen-bond donors (Lipinski definition) is 0. The number of imidazole rings is 1. The standard InChI is InChI=1S/C24H25N7O3/c1-15(2)30-13-20(31(32)33)28-23(30)17-7-8-18(12-29-10-4-9-27-29)19(11-17)21-22(16-5-6-16)25-14-26-24(21)34-3/h4,7-11,13-16H,5-6,12H2,1-3H3. The first-order valence-electron chi connectivity index (χ1n) is 11.2. The Bertz CT molecular complexity index is 1340. The summed E-state index contributed by atoms with van der Waals surface area (Å²) in [6.45, 7) is 4.49. The minimum Gasteiger partial charge on any atom is -0.480 e. The van der Waals surface area contributed by atoms with Crippen molar-refractivity contribution in [3.8, 4) is 28.4 Å². The maximum absolute atomic E-state index is 11.4. The highest BCUT2D eigenvalue weighted by molar-refractivity contribution is 5.79. The van der Waals surface area contributed by atoms with E-state index in [2.05, 4.69) is 20.1 Å². The molecule has 4 aromatic rings. The normalized spacial score (nSPS) is 13.4. The van der Waals surface area contributed by atoms with E-state index in [4.69, 9.17) is 4.74 Å². The summed E-state index contributed by atoms with van der Waals surface area (Å²) in [5.74, 6) is 1.24. The van der Waals surface area contributed by atoms with E-state index in [0.717, 1.165) is 40.8 Å². The lowest BCUT2D eigenvalue weighted by atomic mass is 9.94. The molecule has 1 saturated carbocycles. The lowest BCUT2D eigenvalue weighted by Gasteiger charge is -2.17. The summed E-state index contributed by atoms with van der Waals surface area (Å²) in [7, 11) is 1.61. The van der Waals surface area contributed by atoms with Crippen LogP contribution in [0.25, 0.3) is 22.5 Å². The van der Waals surface area contributed by atoms with E-state index in [-0.39, 0.29) is 11.9 Å². The first-order chi connectivity index (χ1) is 16.5. The molecule has 3 aromatic heterocycles. The zero-order valence-corrected chi connectivity index (χ0v) is 19.3. The van der Waals surface area contributed by atoms with E-state index in [1.54, 1.807) is 19.6 Å². The zero-order valence-electron chi connectivity index (χ0n) is 19.3. The summed E-state index contributed by atoms with van der Waals surface area (Å²) < 4.78 is 9.35. The predicted octanol–water partition coefficient (Wildman–Crippen LogP) is 4.63. The molecule has 10 nitrogen and oxygen atoms in total. The van der Waals surface area contributed by atoms with Crippen LogP contribution in [0, 0.1) is 10.1 Å². The van der Waals surface area contributed by atoms with Crippen LogP contribution < -0.4 is 4.74 Å². The van der Waals surface area contributed by atoms with Gasteiger partial charge in [-0.3, -0.25) is 4.68 Å². The Balaban J connectivity index is 1.73. The number of benzene rings is 1. The molecule has 0 radical (unpaired) electrons. The van der Waals surface area contributed by atoms with Gasteiger partial charge in [0.1, 0.15) is 12.5 Å². The van der Waals surface area contributed by atoms with Gasteiger partial charge in [0.25, 0.3) is 5.82 Å². The largest absolute Gasteiger partial charge is 0.480 e. The molecule has 0 aliphatic heterocycles. The summed E-state index contributed by atoms with van der Waals surface area (Å²) in [6.07, 6.45) is 8.83. The monoisotopic (exact) mass is 459 g/mol. The molecule has 0 atom stereocenters. The Morgan fingerprint density at radius 1 is 1.26 bits per heavy atom. The molecule has 174 valence electrons. The third kappa shape index (κ3) is 4.02. The molecule has 1 aromatic carbocycles. The van der Waals surface area contributed by atoms with E-state index >= 15 is 0 Å². The van der Waals surface area contributed by atoms with Crippen LogP contribution in [0.2, 0.25) is 0 Å². The van der Waals surface area contributed by atoms with Crippen LogP contribution in [0.15, 0.2) is 49.2 Å². The first-order valence-corrected chi connectivity index (χ1v) is 11.2. The van der Waals surface area contributed by atoms with Crippen molar-refractivity contribution in [3.63, 3.8) is 0 Å². The Hall–Kier alpha value is -4.08. The van der Waals surface area contributed by atoms with Gasteiger partial charge in [-0.05, 0) is 65.9 Å². The van der Waals surface area contributed by atoms with Gasteiger partial charge >= 0.3 is 5.82 Å². The van der Waals surface area contributed by atoms with Crippen LogP contribution in [-0.4, -0.2) is 41.3 Å². The number of ether oxygens (including phenoxy) is 1. The van der Waals surface area contributed by atoms with Crippen LogP contribution in [-0.2, 0) is 6.54 Å². The van der Waals surface area contributed by atoms with Gasteiger partial charge in [0.05, 0.1) is 24.9 Å². The predicted molar refractivity (Wildman–Crippen MR) is 126 cm³/mol. The van der Waals surface area contributed by atoms with E-state index < -0.39 is 4.92 Å². The molecule has 0 N–H and O–H groups in total. The molecule has 0 amide bonds. The molecule has 0 spiro atoms. The number of nitro groups is 1. The zero-order chi connectivity index (χ0) is 23.8. The smallest absolute Gasteiger partial charge is 0.382 e. The lowest BCUT2D eigenvalue weighted by Crippen LogP contribution is -2.06. The fourth-order valence-corrected chi connectivity index (χ4v) is 4.19. The summed E-state index contributed by atoms with van der Waals surface area (Å²) in [5.41, 5.74) is 4.51. The van der Waals surface area contributed by atoms with Gasteiger partial charge in [-0.25, -0.2) is 9.97 Å². The number of rotatable bonds is 8. The maximum atomic E-state index is 11.4. The second kappa shape index (κ2) is 8.69. The minimum absolute atomic E-state index is 0.0000190. The van der Waals surface area contributed by atoms with Crippen molar-refractivity contribution in [2.24, 2.45) is 0 Å². The number of aromatic nitrogens is 6. The second-order valence-electron chi connectivity index (χ2n) is 8.67. The molecule has 0 saturated heterocycles. The fourth-order valence-electron chi connectivity index (χ4n) is 4.19. The van der Waals surface area contributed by atoms with Crippen molar-refractivity contribution in [1.82, 2.24) is 29.3 Å². The van der Waals surface area contributed by atoms with E-state index in [1.165, 1.54) is 6.20 Å². The first kappa shape index (κ1) is 21.7. The highest BCUT2D eigenvalue weighted by atomic mass is 16.6. The molecular formula is C24H25N7O3. The molecule has 10 heteroatoms. The fraction of sp³-hybridized carbons (Fsp3) is 0.333. The quantitative estimate of drug-likeness (QED) is 0.279. The van der Waals surface area contributed by atoms with Crippen LogP contribution in [0.1, 0.15) is 49.9 Å². The third-order valence-corrected chi connectivity index (χ3v) is 5.99. The number of methoxy groups -OCH3 is 1. The van der Waals surface area contributed by atoms with Gasteiger partial charge in [0, 0.05) is 29.9 Å². The highest BCUT2D eigenvalue weighted by Gasteiger charge is 2.32. The molecule has 3 heterocycles. The van der Waals surface area contributed by atoms with Crippen molar-refractivity contribution < 1.29 is 9.66 Å². The van der Waals surface area contributed by atoms with Gasteiger partial charge < -0.3 is 19.4 Å². The maximum Gasteiger partial charge on any atom is 0.382 e. The summed E-state index contributed by atoms with van der Waals surface area (Å²) in [4.78, 5) is 24.3. The number of nitrogens with zero attached hydrogens (tertiary/aromatic N) is 7. The molecule has 0 bridgehead atoms. The molecule has 0 unspecified atom stereocenters. The highest BCUT2D eigenvalue weighted by Crippen LogP contribution is 2.47. The Labute approximate surface area is 196 Å². The summed E-state index contributed by atoms with van der Waals surface area (Å²) in [5, 5.41) is 15.8. The van der Waals surface area contributed by atoms with Gasteiger partial charge in [-0.15, -0.1) is 0 Å². The SMILES string of the molecule is COc1ncnc(C2CC2)c1-c1cc(-c2nc([N+](=O)[O-])cn2C(C)C)ccc1Cn1cccn1. The van der Waals surface area contributed by atoms with Crippen molar-refractivity contribution in [2.45, 2.75) is 45.2 Å². The van der Waals surface area contributed by atoms with Crippen LogP contribution >= 0.6 is 0 Å². The van der Waals surface area contributed by atoms with Crippen molar-refractivity contribution >= 4 is 5.82 Å². The molecule has 34 heavy (non-hydrogen) atoms. The Morgan fingerprint density at radius 2 is 2.09 bits per heavy atom. The average molecular weight is 460 g/mol. The summed E-state index contributed by atoms with van der Waals surface area (Å²) >= 11 is 0. The minimum atomic E-state index is -0.464. The van der Waals surface area contributed by atoms with Crippen LogP contribution in [0.3, 0.4) is 0 Å². The van der Waals surface area contributed by atoms with Gasteiger partial charge in [0.15, 0.2) is 0 Å². The van der Waals surface area contributed by atoms with Gasteiger partial charge in [-0.1, -0.05) is 6.07 Å². The van der Waals surface area contributed by atoms with Crippen molar-refractivity contribution in [2.75, 3.05) is 7.11 Å². The lowest BCUT2D eigenvalue weighted by molar-refractivity contribution is -0.389. The topological polar surface area (TPSA) is 114 Å². The molecule has 1 fully saturated rings. The van der Waals surface area contributed by atoms with Gasteiger partial charge in [-0.2, -0.15) is 5.10 Å². The second-order valence-corrected chi connectivity index (χ2v) is 8.67. The van der Waals surface area contributed by atoms with Crippen LogP contribution in [0.5, 0.6) is 5.88 Å². The Kier molecular flexibility index (Phi) is 5.56. The molecule has 1 aliphatic rings. The van der Waals surface area contributed by atoms with Crippen molar-refractivity contribution in [1.29, 1.82) is 0 Å². The van der Waals surface area contributed by atoms with Crippen molar-refractivity contribution in [3.05, 3.63) is 70.6 Å². The molecule has 5 rings (SSSR count). The van der Waals surface area contributed by atoms with Gasteiger partial charge in [0.2, 0.25) is 5.88 Å². The van der Waals surface area contributed by atoms with E-state index in [1.807, 2.05) is 53.6 Å². The average Bonchev–Trinajstić information content (AvgIpc) is 3.35. The Morgan fingerprint density at radius 3 is 2.74 bits per heavy atom.